The van der Waals surface area contributed by atoms with Crippen molar-refractivity contribution in [3.05, 3.63) is 35.9 Å². The van der Waals surface area contributed by atoms with Crippen LogP contribution >= 0.6 is 0 Å². The Balaban J connectivity index is 2.11. The van der Waals surface area contributed by atoms with E-state index in [1.165, 1.54) is 12.3 Å². The van der Waals surface area contributed by atoms with E-state index in [-0.39, 0.29) is 11.6 Å². The van der Waals surface area contributed by atoms with Crippen LogP contribution in [0.1, 0.15) is 16.2 Å². The van der Waals surface area contributed by atoms with Gasteiger partial charge in [-0.05, 0) is 19.1 Å². The van der Waals surface area contributed by atoms with Crippen molar-refractivity contribution in [2.24, 2.45) is 0 Å². The van der Waals surface area contributed by atoms with Crippen molar-refractivity contribution in [2.45, 2.75) is 6.92 Å². The SMILES string of the molecule is Cc1cc(NC(=O)c2ccc(N)cn2)no1. The fourth-order valence-corrected chi connectivity index (χ4v) is 1.15. The summed E-state index contributed by atoms with van der Waals surface area (Å²) in [5.41, 5.74) is 6.24. The van der Waals surface area contributed by atoms with Gasteiger partial charge in [0.2, 0.25) is 0 Å². The van der Waals surface area contributed by atoms with Gasteiger partial charge < -0.3 is 15.6 Å². The Hall–Kier alpha value is -2.37. The normalized spacial score (nSPS) is 10.1. The van der Waals surface area contributed by atoms with Gasteiger partial charge in [-0.3, -0.25) is 4.79 Å². The number of nitrogens with two attached hydrogens (primary N) is 1. The topological polar surface area (TPSA) is 94.0 Å². The number of hydrogen-bond donors (Lipinski definition) is 2. The van der Waals surface area contributed by atoms with Gasteiger partial charge in [0.1, 0.15) is 11.5 Å². The summed E-state index contributed by atoms with van der Waals surface area (Å²) in [6, 6.07) is 4.77. The summed E-state index contributed by atoms with van der Waals surface area (Å²) in [5, 5.41) is 6.19. The largest absolute Gasteiger partial charge is 0.397 e. The molecule has 0 bridgehead atoms. The molecule has 2 aromatic heterocycles. The molecule has 0 atom stereocenters. The molecule has 6 heteroatoms. The van der Waals surface area contributed by atoms with E-state index in [0.717, 1.165) is 0 Å². The third-order valence-electron chi connectivity index (χ3n) is 1.89. The fourth-order valence-electron chi connectivity index (χ4n) is 1.15. The number of nitrogens with one attached hydrogen (secondary N) is 1. The molecule has 0 aromatic carbocycles. The number of pyridine rings is 1. The lowest BCUT2D eigenvalue weighted by Gasteiger charge is -2.00. The maximum Gasteiger partial charge on any atom is 0.275 e. The molecule has 1 amide bonds. The summed E-state index contributed by atoms with van der Waals surface area (Å²) in [5.74, 6) is 0.634. The molecule has 2 heterocycles. The number of anilines is 2. The molecule has 0 saturated carbocycles. The van der Waals surface area contributed by atoms with Gasteiger partial charge in [-0.2, -0.15) is 0 Å². The number of aromatic nitrogens is 2. The van der Waals surface area contributed by atoms with Crippen LogP contribution in [0.2, 0.25) is 0 Å². The van der Waals surface area contributed by atoms with Crippen molar-refractivity contribution in [3.8, 4) is 0 Å². The summed E-state index contributed by atoms with van der Waals surface area (Å²) in [4.78, 5) is 15.5. The van der Waals surface area contributed by atoms with E-state index in [0.29, 0.717) is 17.3 Å². The molecule has 6 nitrogen and oxygen atoms in total. The maximum absolute atomic E-state index is 11.6. The number of aryl methyl sites for hydroxylation is 1. The second kappa shape index (κ2) is 4.01. The van der Waals surface area contributed by atoms with Gasteiger partial charge in [0.15, 0.2) is 5.82 Å². The number of carbonyl (C=O) groups is 1. The third kappa shape index (κ3) is 2.17. The number of nitrogen functional groups attached to an aromatic ring is 1. The van der Waals surface area contributed by atoms with E-state index < -0.39 is 0 Å². The zero-order valence-corrected chi connectivity index (χ0v) is 8.60. The summed E-state index contributed by atoms with van der Waals surface area (Å²) in [7, 11) is 0. The Morgan fingerprint density at radius 2 is 2.31 bits per heavy atom. The van der Waals surface area contributed by atoms with Crippen molar-refractivity contribution in [2.75, 3.05) is 11.1 Å². The fraction of sp³-hybridized carbons (Fsp3) is 0.100. The van der Waals surface area contributed by atoms with Crippen LogP contribution in [-0.4, -0.2) is 16.0 Å². The molecule has 82 valence electrons. The number of nitrogens with zero attached hydrogens (tertiary/aromatic N) is 2. The van der Waals surface area contributed by atoms with Crippen LogP contribution in [-0.2, 0) is 0 Å². The number of rotatable bonds is 2. The highest BCUT2D eigenvalue weighted by molar-refractivity contribution is 6.02. The van der Waals surface area contributed by atoms with Crippen LogP contribution in [0.15, 0.2) is 28.9 Å². The lowest BCUT2D eigenvalue weighted by molar-refractivity contribution is 0.102. The molecule has 2 aromatic rings. The van der Waals surface area contributed by atoms with Crippen LogP contribution in [0.5, 0.6) is 0 Å². The molecule has 0 aliphatic carbocycles. The van der Waals surface area contributed by atoms with Crippen molar-refractivity contribution in [1.29, 1.82) is 0 Å². The van der Waals surface area contributed by atoms with Gasteiger partial charge in [0.25, 0.3) is 5.91 Å². The van der Waals surface area contributed by atoms with Crippen molar-refractivity contribution in [3.63, 3.8) is 0 Å². The van der Waals surface area contributed by atoms with Gasteiger partial charge in [0, 0.05) is 6.07 Å². The first-order chi connectivity index (χ1) is 7.65. The van der Waals surface area contributed by atoms with Crippen molar-refractivity contribution >= 4 is 17.4 Å². The quantitative estimate of drug-likeness (QED) is 0.790. The molecule has 0 unspecified atom stereocenters. The first-order valence-corrected chi connectivity index (χ1v) is 4.61. The first kappa shape index (κ1) is 10.2. The van der Waals surface area contributed by atoms with Crippen LogP contribution in [0.4, 0.5) is 11.5 Å². The molecule has 3 N–H and O–H groups in total. The summed E-state index contributed by atoms with van der Waals surface area (Å²) in [6.07, 6.45) is 1.42. The highest BCUT2D eigenvalue weighted by Crippen LogP contribution is 2.09. The Labute approximate surface area is 91.5 Å². The molecule has 0 saturated heterocycles. The smallest absolute Gasteiger partial charge is 0.275 e. The standard InChI is InChI=1S/C10H10N4O2/c1-6-4-9(14-16-6)13-10(15)8-3-2-7(11)5-12-8/h2-5H,11H2,1H3,(H,13,14,15). The lowest BCUT2D eigenvalue weighted by Crippen LogP contribution is -2.13. The van der Waals surface area contributed by atoms with E-state index in [4.69, 9.17) is 10.3 Å². The number of hydrogen-bond acceptors (Lipinski definition) is 5. The minimum Gasteiger partial charge on any atom is -0.397 e. The Morgan fingerprint density at radius 1 is 1.50 bits per heavy atom. The van der Waals surface area contributed by atoms with Crippen LogP contribution in [0.25, 0.3) is 0 Å². The molecule has 0 fully saturated rings. The molecule has 0 spiro atoms. The lowest BCUT2D eigenvalue weighted by atomic mass is 10.3. The molecule has 2 rings (SSSR count). The second-order valence-electron chi connectivity index (χ2n) is 3.25. The van der Waals surface area contributed by atoms with Crippen LogP contribution in [0.3, 0.4) is 0 Å². The molecule has 16 heavy (non-hydrogen) atoms. The van der Waals surface area contributed by atoms with Crippen molar-refractivity contribution < 1.29 is 9.32 Å². The molecule has 0 aliphatic heterocycles. The minimum atomic E-state index is -0.353. The second-order valence-corrected chi connectivity index (χ2v) is 3.25. The Bertz CT molecular complexity index is 504. The monoisotopic (exact) mass is 218 g/mol. The predicted octanol–water partition coefficient (Wildman–Crippen LogP) is 1.21. The van der Waals surface area contributed by atoms with E-state index in [2.05, 4.69) is 15.5 Å². The average Bonchev–Trinajstić information content (AvgIpc) is 2.65. The molecular weight excluding hydrogens is 208 g/mol. The van der Waals surface area contributed by atoms with Crippen LogP contribution < -0.4 is 11.1 Å². The Morgan fingerprint density at radius 3 is 2.88 bits per heavy atom. The zero-order valence-electron chi connectivity index (χ0n) is 8.60. The summed E-state index contributed by atoms with van der Waals surface area (Å²) >= 11 is 0. The first-order valence-electron chi connectivity index (χ1n) is 4.61. The molecule has 0 radical (unpaired) electrons. The maximum atomic E-state index is 11.6. The summed E-state index contributed by atoms with van der Waals surface area (Å²) in [6.45, 7) is 1.74. The number of carbonyl (C=O) groups excluding carboxylic acids is 1. The van der Waals surface area contributed by atoms with E-state index in [9.17, 15) is 4.79 Å². The highest BCUT2D eigenvalue weighted by atomic mass is 16.5. The van der Waals surface area contributed by atoms with Gasteiger partial charge in [0.05, 0.1) is 11.9 Å². The third-order valence-corrected chi connectivity index (χ3v) is 1.89. The highest BCUT2D eigenvalue weighted by Gasteiger charge is 2.09. The van der Waals surface area contributed by atoms with E-state index in [1.54, 1.807) is 19.1 Å². The zero-order chi connectivity index (χ0) is 11.5. The number of amides is 1. The van der Waals surface area contributed by atoms with Gasteiger partial charge >= 0.3 is 0 Å². The van der Waals surface area contributed by atoms with E-state index in [1.807, 2.05) is 0 Å². The molecule has 0 aliphatic rings. The minimum absolute atomic E-state index is 0.273. The van der Waals surface area contributed by atoms with Gasteiger partial charge in [-0.1, -0.05) is 5.16 Å². The average molecular weight is 218 g/mol. The van der Waals surface area contributed by atoms with Crippen LogP contribution in [0, 0.1) is 6.92 Å². The van der Waals surface area contributed by atoms with Gasteiger partial charge in [-0.15, -0.1) is 0 Å². The summed E-state index contributed by atoms with van der Waals surface area (Å²) < 4.78 is 4.82. The van der Waals surface area contributed by atoms with Gasteiger partial charge in [-0.25, -0.2) is 4.98 Å². The van der Waals surface area contributed by atoms with Crippen molar-refractivity contribution in [1.82, 2.24) is 10.1 Å². The molecular formula is C10H10N4O2. The predicted molar refractivity (Wildman–Crippen MR) is 57.8 cm³/mol. The van der Waals surface area contributed by atoms with E-state index >= 15 is 0 Å². The Kier molecular flexibility index (Phi) is 2.55.